The monoisotopic (exact) mass is 277 g/mol. The zero-order valence-corrected chi connectivity index (χ0v) is 11.7. The van der Waals surface area contributed by atoms with Gasteiger partial charge in [0.15, 0.2) is 0 Å². The molecule has 1 aromatic rings. The van der Waals surface area contributed by atoms with Gasteiger partial charge in [-0.3, -0.25) is 14.9 Å². The number of para-hydroxylation sites is 1. The van der Waals surface area contributed by atoms with E-state index in [1.807, 2.05) is 0 Å². The summed E-state index contributed by atoms with van der Waals surface area (Å²) in [5.74, 6) is 0.156. The fourth-order valence-corrected chi connectivity index (χ4v) is 2.38. The fraction of sp³-hybridized carbons (Fsp3) is 0.500. The molecule has 2 rings (SSSR count). The van der Waals surface area contributed by atoms with E-state index >= 15 is 0 Å². The van der Waals surface area contributed by atoms with E-state index in [1.165, 1.54) is 18.2 Å². The molecule has 0 bridgehead atoms. The van der Waals surface area contributed by atoms with Crippen LogP contribution in [0, 0.1) is 21.4 Å². The van der Waals surface area contributed by atoms with E-state index < -0.39 is 4.92 Å². The molecular formula is C14H19N3O3. The topological polar surface area (TPSA) is 98.3 Å². The molecule has 0 saturated heterocycles. The first-order valence-corrected chi connectivity index (χ1v) is 6.68. The number of hydrogen-bond donors (Lipinski definition) is 2. The van der Waals surface area contributed by atoms with Crippen molar-refractivity contribution in [2.45, 2.75) is 26.7 Å². The Morgan fingerprint density at radius 1 is 1.50 bits per heavy atom. The second-order valence-electron chi connectivity index (χ2n) is 5.70. The lowest BCUT2D eigenvalue weighted by Gasteiger charge is -2.20. The van der Waals surface area contributed by atoms with Crippen LogP contribution in [0.5, 0.6) is 0 Å². The molecule has 0 aliphatic heterocycles. The number of nitro groups is 1. The summed E-state index contributed by atoms with van der Waals surface area (Å²) in [6.07, 6.45) is 2.21. The first-order chi connectivity index (χ1) is 9.37. The van der Waals surface area contributed by atoms with Crippen LogP contribution in [0.3, 0.4) is 0 Å². The van der Waals surface area contributed by atoms with Crippen molar-refractivity contribution < 1.29 is 9.72 Å². The number of carbonyl (C=O) groups is 1. The largest absolute Gasteiger partial charge is 0.393 e. The molecule has 6 nitrogen and oxygen atoms in total. The van der Waals surface area contributed by atoms with Gasteiger partial charge in [0.05, 0.1) is 10.5 Å². The zero-order valence-electron chi connectivity index (χ0n) is 11.7. The van der Waals surface area contributed by atoms with E-state index in [2.05, 4.69) is 19.2 Å². The van der Waals surface area contributed by atoms with Crippen molar-refractivity contribution in [2.75, 3.05) is 12.3 Å². The Hall–Kier alpha value is -2.11. The Bertz CT molecular complexity index is 551. The highest BCUT2D eigenvalue weighted by Gasteiger charge is 2.45. The van der Waals surface area contributed by atoms with E-state index in [4.69, 9.17) is 5.73 Å². The lowest BCUT2D eigenvalue weighted by molar-refractivity contribution is -0.383. The summed E-state index contributed by atoms with van der Waals surface area (Å²) in [6, 6.07) is 4.27. The van der Waals surface area contributed by atoms with E-state index in [0.717, 1.165) is 12.8 Å². The number of anilines is 1. The van der Waals surface area contributed by atoms with Crippen molar-refractivity contribution in [3.63, 3.8) is 0 Å². The smallest absolute Gasteiger partial charge is 0.292 e. The van der Waals surface area contributed by atoms with Crippen LogP contribution in [0.15, 0.2) is 18.2 Å². The van der Waals surface area contributed by atoms with E-state index in [1.54, 1.807) is 0 Å². The maximum atomic E-state index is 12.1. The average Bonchev–Trinajstić information content (AvgIpc) is 3.17. The lowest BCUT2D eigenvalue weighted by Crippen LogP contribution is -2.33. The van der Waals surface area contributed by atoms with Gasteiger partial charge >= 0.3 is 0 Å². The molecular weight excluding hydrogens is 258 g/mol. The van der Waals surface area contributed by atoms with Crippen LogP contribution in [0.25, 0.3) is 0 Å². The van der Waals surface area contributed by atoms with Gasteiger partial charge in [0.25, 0.3) is 11.6 Å². The van der Waals surface area contributed by atoms with Crippen LogP contribution >= 0.6 is 0 Å². The predicted molar refractivity (Wildman–Crippen MR) is 76.3 cm³/mol. The predicted octanol–water partition coefficient (Wildman–Crippen LogP) is 2.34. The Balaban J connectivity index is 2.10. The van der Waals surface area contributed by atoms with Gasteiger partial charge in [0.1, 0.15) is 5.69 Å². The maximum Gasteiger partial charge on any atom is 0.292 e. The maximum absolute atomic E-state index is 12.1. The van der Waals surface area contributed by atoms with Crippen LogP contribution in [0.1, 0.15) is 37.0 Å². The molecule has 1 aromatic carbocycles. The minimum absolute atomic E-state index is 0.0793. The highest BCUT2D eigenvalue weighted by Crippen LogP contribution is 2.51. The second kappa shape index (κ2) is 5.11. The first kappa shape index (κ1) is 14.3. The number of nitrogens with one attached hydrogen (secondary N) is 1. The molecule has 1 amide bonds. The van der Waals surface area contributed by atoms with Gasteiger partial charge in [-0.2, -0.15) is 0 Å². The minimum Gasteiger partial charge on any atom is -0.393 e. The summed E-state index contributed by atoms with van der Waals surface area (Å²) in [4.78, 5) is 22.3. The molecule has 0 radical (unpaired) electrons. The molecule has 1 saturated carbocycles. The van der Waals surface area contributed by atoms with Crippen molar-refractivity contribution in [1.82, 2.24) is 5.32 Å². The van der Waals surface area contributed by atoms with Gasteiger partial charge in [-0.1, -0.05) is 19.9 Å². The molecule has 0 spiro atoms. The molecule has 0 aromatic heterocycles. The molecule has 6 heteroatoms. The van der Waals surface area contributed by atoms with Crippen molar-refractivity contribution in [3.8, 4) is 0 Å². The van der Waals surface area contributed by atoms with E-state index in [-0.39, 0.29) is 28.3 Å². The van der Waals surface area contributed by atoms with Crippen LogP contribution < -0.4 is 11.1 Å². The Morgan fingerprint density at radius 3 is 2.65 bits per heavy atom. The normalized spacial score (nSPS) is 15.9. The highest BCUT2D eigenvalue weighted by molar-refractivity contribution is 6.01. The van der Waals surface area contributed by atoms with E-state index in [9.17, 15) is 14.9 Å². The summed E-state index contributed by atoms with van der Waals surface area (Å²) in [7, 11) is 0. The number of hydrogen-bond acceptors (Lipinski definition) is 4. The van der Waals surface area contributed by atoms with Gasteiger partial charge < -0.3 is 11.1 Å². The summed E-state index contributed by atoms with van der Waals surface area (Å²) in [5.41, 5.74) is 5.74. The Labute approximate surface area is 117 Å². The molecule has 1 aliphatic rings. The fourth-order valence-electron chi connectivity index (χ4n) is 2.38. The van der Waals surface area contributed by atoms with E-state index in [0.29, 0.717) is 12.5 Å². The van der Waals surface area contributed by atoms with Gasteiger partial charge in [-0.05, 0) is 30.2 Å². The van der Waals surface area contributed by atoms with Gasteiger partial charge in [0, 0.05) is 12.6 Å². The van der Waals surface area contributed by atoms with Crippen molar-refractivity contribution in [3.05, 3.63) is 33.9 Å². The molecule has 20 heavy (non-hydrogen) atoms. The third kappa shape index (κ3) is 2.59. The number of nitrogens with two attached hydrogens (primary N) is 1. The third-order valence-electron chi connectivity index (χ3n) is 4.24. The number of amides is 1. The number of nitrogen functional groups attached to an aromatic ring is 1. The first-order valence-electron chi connectivity index (χ1n) is 6.68. The number of carbonyl (C=O) groups excluding carboxylic acids is 1. The number of benzene rings is 1. The van der Waals surface area contributed by atoms with Gasteiger partial charge in [-0.25, -0.2) is 0 Å². The molecule has 0 atom stereocenters. The SMILES string of the molecule is CC(C)C1(CNC(=O)c2cccc([N+](=O)[O-])c2N)CC1. The number of nitrogens with zero attached hydrogens (tertiary/aromatic N) is 1. The number of rotatable bonds is 5. The lowest BCUT2D eigenvalue weighted by atomic mass is 9.92. The van der Waals surface area contributed by atoms with Gasteiger partial charge in [-0.15, -0.1) is 0 Å². The summed E-state index contributed by atoms with van der Waals surface area (Å²) >= 11 is 0. The number of nitro benzene ring substituents is 1. The molecule has 1 fully saturated rings. The van der Waals surface area contributed by atoms with Crippen molar-refractivity contribution in [2.24, 2.45) is 11.3 Å². The van der Waals surface area contributed by atoms with Crippen LogP contribution in [-0.4, -0.2) is 17.4 Å². The standard InChI is InChI=1S/C14H19N3O3/c1-9(2)14(6-7-14)8-16-13(18)10-4-3-5-11(12(10)15)17(19)20/h3-5,9H,6-8,15H2,1-2H3,(H,16,18). The summed E-state index contributed by atoms with van der Waals surface area (Å²) in [5, 5.41) is 13.7. The molecule has 0 unspecified atom stereocenters. The third-order valence-corrected chi connectivity index (χ3v) is 4.24. The molecule has 1 aliphatic carbocycles. The minimum atomic E-state index is -0.581. The van der Waals surface area contributed by atoms with Crippen LogP contribution in [0.2, 0.25) is 0 Å². The quantitative estimate of drug-likeness (QED) is 0.490. The molecule has 0 heterocycles. The zero-order chi connectivity index (χ0) is 14.9. The van der Waals surface area contributed by atoms with Crippen LogP contribution in [-0.2, 0) is 0 Å². The average molecular weight is 277 g/mol. The van der Waals surface area contributed by atoms with Crippen molar-refractivity contribution in [1.29, 1.82) is 0 Å². The Kier molecular flexibility index (Phi) is 3.65. The van der Waals surface area contributed by atoms with Crippen molar-refractivity contribution >= 4 is 17.3 Å². The molecule has 3 N–H and O–H groups in total. The summed E-state index contributed by atoms with van der Waals surface area (Å²) < 4.78 is 0. The highest BCUT2D eigenvalue weighted by atomic mass is 16.6. The molecule has 108 valence electrons. The van der Waals surface area contributed by atoms with Crippen LogP contribution in [0.4, 0.5) is 11.4 Å². The van der Waals surface area contributed by atoms with Gasteiger partial charge in [0.2, 0.25) is 0 Å². The Morgan fingerprint density at radius 2 is 2.15 bits per heavy atom. The summed E-state index contributed by atoms with van der Waals surface area (Å²) in [6.45, 7) is 4.87. The second-order valence-corrected chi connectivity index (χ2v) is 5.70.